The minimum absolute atomic E-state index is 0.000433. The van der Waals surface area contributed by atoms with Gasteiger partial charge in [-0.25, -0.2) is 0 Å². The molecule has 0 aromatic rings. The van der Waals surface area contributed by atoms with Crippen LogP contribution in [-0.2, 0) is 9.47 Å². The van der Waals surface area contributed by atoms with Gasteiger partial charge in [-0.05, 0) is 5.16 Å². The monoisotopic (exact) mass is 190 g/mol. The Morgan fingerprint density at radius 2 is 2.50 bits per heavy atom. The predicted octanol–water partition coefficient (Wildman–Crippen LogP) is 0.138. The van der Waals surface area contributed by atoms with Crippen LogP contribution in [-0.4, -0.2) is 30.4 Å². The van der Waals surface area contributed by atoms with Gasteiger partial charge in [0.2, 0.25) is 0 Å². The molecule has 0 saturated carbocycles. The number of thiol groups is 1. The SMILES string of the molecule is O/N=C(\C=C/NS)OC1COC1. The highest BCUT2D eigenvalue weighted by Crippen LogP contribution is 2.06. The summed E-state index contributed by atoms with van der Waals surface area (Å²) in [7, 11) is 0. The van der Waals surface area contributed by atoms with Crippen LogP contribution in [0.5, 0.6) is 0 Å². The Hall–Kier alpha value is -0.880. The molecule has 2 N–H and O–H groups in total. The van der Waals surface area contributed by atoms with Crippen LogP contribution in [0.4, 0.5) is 0 Å². The lowest BCUT2D eigenvalue weighted by Crippen LogP contribution is -2.37. The van der Waals surface area contributed by atoms with E-state index in [9.17, 15) is 0 Å². The third-order valence-electron chi connectivity index (χ3n) is 1.29. The van der Waals surface area contributed by atoms with Crippen molar-refractivity contribution in [3.05, 3.63) is 12.3 Å². The molecule has 6 heteroatoms. The molecular weight excluding hydrogens is 180 g/mol. The molecule has 0 radical (unpaired) electrons. The number of rotatable bonds is 3. The zero-order valence-corrected chi connectivity index (χ0v) is 7.20. The number of nitrogens with zero attached hydrogens (tertiary/aromatic N) is 1. The van der Waals surface area contributed by atoms with Crippen molar-refractivity contribution in [2.24, 2.45) is 5.16 Å². The lowest BCUT2D eigenvalue weighted by atomic mass is 10.3. The van der Waals surface area contributed by atoms with Gasteiger partial charge in [0.25, 0.3) is 5.90 Å². The summed E-state index contributed by atoms with van der Waals surface area (Å²) < 4.78 is 12.5. The number of hydrogen-bond donors (Lipinski definition) is 3. The summed E-state index contributed by atoms with van der Waals surface area (Å²) in [6, 6.07) is 0. The fraction of sp³-hybridized carbons (Fsp3) is 0.500. The molecule has 0 bridgehead atoms. The molecule has 0 aliphatic carbocycles. The zero-order valence-electron chi connectivity index (χ0n) is 6.30. The molecule has 68 valence electrons. The Bertz CT molecular complexity index is 191. The first-order chi connectivity index (χ1) is 5.86. The van der Waals surface area contributed by atoms with E-state index >= 15 is 0 Å². The van der Waals surface area contributed by atoms with E-state index < -0.39 is 0 Å². The Balaban J connectivity index is 2.30. The maximum atomic E-state index is 8.44. The molecule has 1 saturated heterocycles. The quantitative estimate of drug-likeness (QED) is 0.195. The molecule has 1 aliphatic heterocycles. The highest BCUT2D eigenvalue weighted by atomic mass is 32.1. The van der Waals surface area contributed by atoms with Crippen LogP contribution in [0.25, 0.3) is 0 Å². The first-order valence-corrected chi connectivity index (χ1v) is 3.84. The summed E-state index contributed by atoms with van der Waals surface area (Å²) >= 11 is 3.71. The van der Waals surface area contributed by atoms with Gasteiger partial charge in [-0.15, -0.1) is 0 Å². The third kappa shape index (κ3) is 2.63. The van der Waals surface area contributed by atoms with E-state index in [-0.39, 0.29) is 12.0 Å². The second-order valence-electron chi connectivity index (χ2n) is 2.18. The van der Waals surface area contributed by atoms with Crippen LogP contribution in [0, 0.1) is 0 Å². The predicted molar refractivity (Wildman–Crippen MR) is 46.2 cm³/mol. The van der Waals surface area contributed by atoms with E-state index in [4.69, 9.17) is 14.7 Å². The summed E-state index contributed by atoms with van der Waals surface area (Å²) in [5, 5.41) is 11.4. The summed E-state index contributed by atoms with van der Waals surface area (Å²) in [6.45, 7) is 1.09. The molecule has 1 rings (SSSR count). The van der Waals surface area contributed by atoms with Crippen LogP contribution >= 0.6 is 12.8 Å². The molecule has 0 spiro atoms. The molecule has 0 amide bonds. The molecule has 0 aromatic heterocycles. The zero-order chi connectivity index (χ0) is 8.81. The second-order valence-corrected chi connectivity index (χ2v) is 2.44. The fourth-order valence-corrected chi connectivity index (χ4v) is 0.732. The largest absolute Gasteiger partial charge is 0.467 e. The van der Waals surface area contributed by atoms with Crippen molar-refractivity contribution in [1.82, 2.24) is 4.72 Å². The van der Waals surface area contributed by atoms with Gasteiger partial charge in [0.05, 0.1) is 13.2 Å². The van der Waals surface area contributed by atoms with Crippen molar-refractivity contribution in [3.63, 3.8) is 0 Å². The van der Waals surface area contributed by atoms with E-state index in [2.05, 4.69) is 22.7 Å². The van der Waals surface area contributed by atoms with Gasteiger partial charge in [0, 0.05) is 12.3 Å². The maximum Gasteiger partial charge on any atom is 0.251 e. The minimum Gasteiger partial charge on any atom is -0.467 e. The summed E-state index contributed by atoms with van der Waals surface area (Å²) in [5.41, 5.74) is 0. The number of oxime groups is 1. The Morgan fingerprint density at radius 3 is 2.92 bits per heavy atom. The van der Waals surface area contributed by atoms with Crippen molar-refractivity contribution in [2.45, 2.75) is 6.10 Å². The van der Waals surface area contributed by atoms with Gasteiger partial charge in [-0.3, -0.25) is 0 Å². The number of nitrogens with one attached hydrogen (secondary N) is 1. The van der Waals surface area contributed by atoms with E-state index in [1.165, 1.54) is 12.3 Å². The average molecular weight is 190 g/mol. The van der Waals surface area contributed by atoms with Crippen LogP contribution in [0.2, 0.25) is 0 Å². The second kappa shape index (κ2) is 4.89. The Morgan fingerprint density at radius 1 is 1.75 bits per heavy atom. The van der Waals surface area contributed by atoms with Gasteiger partial charge < -0.3 is 19.4 Å². The molecule has 1 fully saturated rings. The van der Waals surface area contributed by atoms with Crippen LogP contribution in [0.1, 0.15) is 0 Å². The molecular formula is C6H10N2O3S. The van der Waals surface area contributed by atoms with Gasteiger partial charge in [-0.2, -0.15) is 0 Å². The van der Waals surface area contributed by atoms with Crippen LogP contribution in [0.3, 0.4) is 0 Å². The minimum atomic E-state index is 0.000433. The van der Waals surface area contributed by atoms with Gasteiger partial charge in [-0.1, -0.05) is 12.8 Å². The Kier molecular flexibility index (Phi) is 3.75. The summed E-state index contributed by atoms with van der Waals surface area (Å²) in [5.74, 6) is 0.143. The number of ether oxygens (including phenoxy) is 2. The molecule has 5 nitrogen and oxygen atoms in total. The standard InChI is InChI=1S/C6H10N2O3S/c9-8-6(1-2-7-12)11-5-3-10-4-5/h1-2,5,7,9,12H,3-4H2/b2-1-,8-6+. The highest BCUT2D eigenvalue weighted by Gasteiger charge is 2.20. The van der Waals surface area contributed by atoms with E-state index in [1.54, 1.807) is 0 Å². The normalized spacial score (nSPS) is 19.2. The average Bonchev–Trinajstić information content (AvgIpc) is 2.02. The lowest BCUT2D eigenvalue weighted by molar-refractivity contribution is -0.0864. The summed E-state index contributed by atoms with van der Waals surface area (Å²) in [6.07, 6.45) is 2.95. The van der Waals surface area contributed by atoms with Crippen molar-refractivity contribution in [2.75, 3.05) is 13.2 Å². The van der Waals surface area contributed by atoms with Crippen LogP contribution in [0.15, 0.2) is 17.4 Å². The van der Waals surface area contributed by atoms with Gasteiger partial charge >= 0.3 is 0 Å². The molecule has 12 heavy (non-hydrogen) atoms. The third-order valence-corrected chi connectivity index (χ3v) is 1.44. The van der Waals surface area contributed by atoms with Gasteiger partial charge in [0.15, 0.2) is 0 Å². The first kappa shape index (κ1) is 9.21. The van der Waals surface area contributed by atoms with E-state index in [1.807, 2.05) is 0 Å². The maximum absolute atomic E-state index is 8.44. The number of hydrogen-bond acceptors (Lipinski definition) is 6. The van der Waals surface area contributed by atoms with Crippen molar-refractivity contribution in [3.8, 4) is 0 Å². The van der Waals surface area contributed by atoms with Gasteiger partial charge in [0.1, 0.15) is 6.10 Å². The molecule has 1 heterocycles. The van der Waals surface area contributed by atoms with E-state index in [0.29, 0.717) is 13.2 Å². The van der Waals surface area contributed by atoms with E-state index in [0.717, 1.165) is 0 Å². The summed E-state index contributed by atoms with van der Waals surface area (Å²) in [4.78, 5) is 0. The van der Waals surface area contributed by atoms with Crippen LogP contribution < -0.4 is 4.72 Å². The Labute approximate surface area is 75.6 Å². The molecule has 0 aromatic carbocycles. The first-order valence-electron chi connectivity index (χ1n) is 3.39. The molecule has 0 unspecified atom stereocenters. The fourth-order valence-electron chi connectivity index (χ4n) is 0.658. The van der Waals surface area contributed by atoms with Crippen molar-refractivity contribution in [1.29, 1.82) is 0 Å². The van der Waals surface area contributed by atoms with Crippen molar-refractivity contribution >= 4 is 18.7 Å². The molecule has 0 atom stereocenters. The molecule has 1 aliphatic rings. The smallest absolute Gasteiger partial charge is 0.251 e. The lowest BCUT2D eigenvalue weighted by Gasteiger charge is -2.25. The highest BCUT2D eigenvalue weighted by molar-refractivity contribution is 7.78. The van der Waals surface area contributed by atoms with Crippen molar-refractivity contribution < 1.29 is 14.7 Å². The topological polar surface area (TPSA) is 63.1 Å².